The molecule has 0 atom stereocenters. The van der Waals surface area contributed by atoms with Gasteiger partial charge in [0.15, 0.2) is 5.78 Å². The first-order valence-electron chi connectivity index (χ1n) is 8.05. The van der Waals surface area contributed by atoms with E-state index in [0.717, 1.165) is 35.2 Å². The maximum atomic E-state index is 11.5. The number of methoxy groups -OCH3 is 1. The van der Waals surface area contributed by atoms with Crippen LogP contribution in [0.4, 0.5) is 0 Å². The molecule has 122 valence electrons. The van der Waals surface area contributed by atoms with E-state index >= 15 is 0 Å². The molecule has 0 saturated carbocycles. The maximum absolute atomic E-state index is 11.5. The smallest absolute Gasteiger partial charge is 0.250 e. The molecule has 1 aromatic rings. The van der Waals surface area contributed by atoms with E-state index in [0.29, 0.717) is 12.8 Å². The van der Waals surface area contributed by atoms with Gasteiger partial charge < -0.3 is 9.16 Å². The third-order valence-corrected chi connectivity index (χ3v) is 8.91. The quantitative estimate of drug-likeness (QED) is 0.460. The Kier molecular flexibility index (Phi) is 7.39. The van der Waals surface area contributed by atoms with Crippen molar-refractivity contribution in [2.45, 2.75) is 51.7 Å². The van der Waals surface area contributed by atoms with E-state index in [-0.39, 0.29) is 5.78 Å². The van der Waals surface area contributed by atoms with Crippen LogP contribution in [0.5, 0.6) is 11.5 Å². The number of hydrogen-bond donors (Lipinski definition) is 0. The number of aryl methyl sites for hydroxylation is 1. The fourth-order valence-corrected chi connectivity index (χ4v) is 5.14. The standard InChI is InChI=1S/C18H28O3Si/c1-6-16(19)11-10-15-14-17(20-5)12-13-18(15)21-22(7-2,8-3)9-4/h6,12-14H,1,7-11H2,2-5H3. The molecule has 0 radical (unpaired) electrons. The van der Waals surface area contributed by atoms with Gasteiger partial charge >= 0.3 is 0 Å². The van der Waals surface area contributed by atoms with Crippen molar-refractivity contribution in [2.24, 2.45) is 0 Å². The van der Waals surface area contributed by atoms with E-state index in [1.165, 1.54) is 6.08 Å². The Morgan fingerprint density at radius 1 is 1.23 bits per heavy atom. The van der Waals surface area contributed by atoms with Crippen LogP contribution in [0, 0.1) is 0 Å². The summed E-state index contributed by atoms with van der Waals surface area (Å²) in [5, 5.41) is 0. The summed E-state index contributed by atoms with van der Waals surface area (Å²) < 4.78 is 11.8. The summed E-state index contributed by atoms with van der Waals surface area (Å²) in [6, 6.07) is 9.17. The van der Waals surface area contributed by atoms with E-state index in [4.69, 9.17) is 9.16 Å². The Bertz CT molecular complexity index is 499. The van der Waals surface area contributed by atoms with E-state index in [1.54, 1.807) is 7.11 Å². The third-order valence-electron chi connectivity index (χ3n) is 4.40. The highest BCUT2D eigenvalue weighted by molar-refractivity contribution is 6.74. The molecular formula is C18H28O3Si. The van der Waals surface area contributed by atoms with E-state index < -0.39 is 8.32 Å². The number of allylic oxidation sites excluding steroid dienone is 1. The number of ketones is 1. The minimum absolute atomic E-state index is 0.0544. The minimum Gasteiger partial charge on any atom is -0.543 e. The fraction of sp³-hybridized carbons (Fsp3) is 0.500. The van der Waals surface area contributed by atoms with Crippen molar-refractivity contribution in [2.75, 3.05) is 7.11 Å². The van der Waals surface area contributed by atoms with Crippen LogP contribution < -0.4 is 9.16 Å². The molecule has 0 N–H and O–H groups in total. The fourth-order valence-electron chi connectivity index (χ4n) is 2.54. The second-order valence-corrected chi connectivity index (χ2v) is 10.2. The van der Waals surface area contributed by atoms with Gasteiger partial charge in [0, 0.05) is 6.42 Å². The van der Waals surface area contributed by atoms with Crippen LogP contribution in [-0.2, 0) is 11.2 Å². The highest BCUT2D eigenvalue weighted by Gasteiger charge is 2.31. The molecule has 22 heavy (non-hydrogen) atoms. The average Bonchev–Trinajstić information content (AvgIpc) is 2.58. The van der Waals surface area contributed by atoms with Crippen LogP contribution in [0.3, 0.4) is 0 Å². The SMILES string of the molecule is C=CC(=O)CCc1cc(OC)ccc1O[Si](CC)(CC)CC. The zero-order chi connectivity index (χ0) is 16.6. The molecular weight excluding hydrogens is 292 g/mol. The van der Waals surface area contributed by atoms with Crippen LogP contribution in [0.25, 0.3) is 0 Å². The Morgan fingerprint density at radius 2 is 1.86 bits per heavy atom. The highest BCUT2D eigenvalue weighted by Crippen LogP contribution is 2.31. The summed E-state index contributed by atoms with van der Waals surface area (Å²) in [5.41, 5.74) is 1.04. The molecule has 0 spiro atoms. The predicted octanol–water partition coefficient (Wildman–Crippen LogP) is 4.77. The van der Waals surface area contributed by atoms with Gasteiger partial charge in [-0.05, 0) is 54.4 Å². The molecule has 0 aliphatic rings. The van der Waals surface area contributed by atoms with Gasteiger partial charge in [-0.2, -0.15) is 0 Å². The molecule has 0 bridgehead atoms. The molecule has 0 aliphatic carbocycles. The lowest BCUT2D eigenvalue weighted by atomic mass is 10.1. The van der Waals surface area contributed by atoms with Gasteiger partial charge in [-0.25, -0.2) is 0 Å². The molecule has 0 fully saturated rings. The first-order chi connectivity index (χ1) is 10.5. The summed E-state index contributed by atoms with van der Waals surface area (Å²) in [7, 11) is -0.0771. The van der Waals surface area contributed by atoms with Gasteiger partial charge in [-0.3, -0.25) is 4.79 Å². The van der Waals surface area contributed by atoms with Crippen molar-refractivity contribution in [3.05, 3.63) is 36.4 Å². The molecule has 0 saturated heterocycles. The van der Waals surface area contributed by atoms with Crippen LogP contribution in [-0.4, -0.2) is 21.2 Å². The monoisotopic (exact) mass is 320 g/mol. The molecule has 0 amide bonds. The Morgan fingerprint density at radius 3 is 2.36 bits per heavy atom. The van der Waals surface area contributed by atoms with Gasteiger partial charge in [-0.15, -0.1) is 0 Å². The maximum Gasteiger partial charge on any atom is 0.250 e. The number of benzene rings is 1. The van der Waals surface area contributed by atoms with Crippen molar-refractivity contribution in [3.8, 4) is 11.5 Å². The van der Waals surface area contributed by atoms with Crippen LogP contribution in [0.2, 0.25) is 18.1 Å². The zero-order valence-corrected chi connectivity index (χ0v) is 15.3. The lowest BCUT2D eigenvalue weighted by Crippen LogP contribution is -2.39. The normalized spacial score (nSPS) is 11.1. The summed E-state index contributed by atoms with van der Waals surface area (Å²) >= 11 is 0. The average molecular weight is 321 g/mol. The Labute approximate surface area is 135 Å². The number of rotatable bonds is 10. The number of carbonyl (C=O) groups is 1. The molecule has 0 unspecified atom stereocenters. The number of ether oxygens (including phenoxy) is 1. The van der Waals surface area contributed by atoms with Crippen molar-refractivity contribution in [1.29, 1.82) is 0 Å². The van der Waals surface area contributed by atoms with Gasteiger partial charge in [0.25, 0.3) is 0 Å². The van der Waals surface area contributed by atoms with Crippen LogP contribution in [0.15, 0.2) is 30.9 Å². The lowest BCUT2D eigenvalue weighted by molar-refractivity contribution is -0.114. The van der Waals surface area contributed by atoms with E-state index in [2.05, 4.69) is 27.4 Å². The third kappa shape index (κ3) is 4.73. The number of carbonyl (C=O) groups excluding carboxylic acids is 1. The topological polar surface area (TPSA) is 35.5 Å². The molecule has 4 heteroatoms. The molecule has 3 nitrogen and oxygen atoms in total. The summed E-state index contributed by atoms with van der Waals surface area (Å²) in [5.74, 6) is 1.76. The predicted molar refractivity (Wildman–Crippen MR) is 94.3 cm³/mol. The zero-order valence-electron chi connectivity index (χ0n) is 14.3. The highest BCUT2D eigenvalue weighted by atomic mass is 28.4. The van der Waals surface area contributed by atoms with Gasteiger partial charge in [0.05, 0.1) is 7.11 Å². The Balaban J connectivity index is 3.06. The molecule has 0 aromatic heterocycles. The van der Waals surface area contributed by atoms with E-state index in [1.807, 2.05) is 18.2 Å². The van der Waals surface area contributed by atoms with Crippen molar-refractivity contribution in [1.82, 2.24) is 0 Å². The minimum atomic E-state index is -1.73. The largest absolute Gasteiger partial charge is 0.543 e. The van der Waals surface area contributed by atoms with Gasteiger partial charge in [-0.1, -0.05) is 27.4 Å². The second-order valence-electron chi connectivity index (χ2n) is 5.49. The van der Waals surface area contributed by atoms with E-state index in [9.17, 15) is 4.79 Å². The van der Waals surface area contributed by atoms with Crippen LogP contribution >= 0.6 is 0 Å². The van der Waals surface area contributed by atoms with Gasteiger partial charge in [0.2, 0.25) is 8.32 Å². The van der Waals surface area contributed by atoms with Crippen molar-refractivity contribution >= 4 is 14.1 Å². The van der Waals surface area contributed by atoms with Crippen LogP contribution in [0.1, 0.15) is 32.8 Å². The van der Waals surface area contributed by atoms with Gasteiger partial charge in [0.1, 0.15) is 11.5 Å². The molecule has 0 heterocycles. The summed E-state index contributed by atoms with van der Waals surface area (Å²) in [6.45, 7) is 10.2. The summed E-state index contributed by atoms with van der Waals surface area (Å²) in [6.07, 6.45) is 2.48. The first-order valence-corrected chi connectivity index (χ1v) is 10.6. The van der Waals surface area contributed by atoms with Crippen molar-refractivity contribution < 1.29 is 14.0 Å². The molecule has 0 aliphatic heterocycles. The number of hydrogen-bond acceptors (Lipinski definition) is 3. The summed E-state index contributed by atoms with van der Waals surface area (Å²) in [4.78, 5) is 11.5. The molecule has 1 rings (SSSR count). The first kappa shape index (κ1) is 18.5. The lowest BCUT2D eigenvalue weighted by Gasteiger charge is -2.30. The Hall–Kier alpha value is -1.55. The van der Waals surface area contributed by atoms with Crippen molar-refractivity contribution in [3.63, 3.8) is 0 Å². The molecule has 1 aromatic carbocycles. The second kappa shape index (κ2) is 8.78.